The largest absolute Gasteiger partial charge is 0.365 e. The van der Waals surface area contributed by atoms with Gasteiger partial charge in [0.2, 0.25) is 0 Å². The molecule has 0 aromatic heterocycles. The molecule has 0 saturated heterocycles. The molecule has 2 rings (SSSR count). The summed E-state index contributed by atoms with van der Waals surface area (Å²) in [6.07, 6.45) is 4.87. The van der Waals surface area contributed by atoms with Gasteiger partial charge in [-0.25, -0.2) is 0 Å². The van der Waals surface area contributed by atoms with E-state index in [2.05, 4.69) is 34.6 Å². The van der Waals surface area contributed by atoms with Crippen molar-refractivity contribution in [2.75, 3.05) is 0 Å². The van der Waals surface area contributed by atoms with Crippen molar-refractivity contribution in [2.45, 2.75) is 72.5 Å². The summed E-state index contributed by atoms with van der Waals surface area (Å²) >= 11 is 0. The molecule has 0 aromatic carbocycles. The molecule has 0 heterocycles. The van der Waals surface area contributed by atoms with E-state index in [1.807, 2.05) is 0 Å². The predicted octanol–water partition coefficient (Wildman–Crippen LogP) is 3.57. The van der Waals surface area contributed by atoms with Crippen LogP contribution in [0.5, 0.6) is 0 Å². The molecule has 0 amide bonds. The lowest BCUT2D eigenvalue weighted by Gasteiger charge is -2.63. The van der Waals surface area contributed by atoms with Crippen molar-refractivity contribution >= 4 is 0 Å². The lowest BCUT2D eigenvalue weighted by atomic mass is 9.44. The molecule has 2 fully saturated rings. The molecule has 0 spiro atoms. The zero-order valence-electron chi connectivity index (χ0n) is 12.7. The van der Waals surface area contributed by atoms with Crippen molar-refractivity contribution in [1.29, 1.82) is 0 Å². The normalized spacial score (nSPS) is 46.5. The van der Waals surface area contributed by atoms with Gasteiger partial charge in [0.05, 0.1) is 0 Å². The Morgan fingerprint density at radius 3 is 2.22 bits per heavy atom. The molecule has 2 aliphatic carbocycles. The second kappa shape index (κ2) is 4.21. The molecule has 4 atom stereocenters. The molecule has 2 heteroatoms. The first-order valence-corrected chi connectivity index (χ1v) is 7.61. The van der Waals surface area contributed by atoms with E-state index in [9.17, 15) is 10.2 Å². The smallest absolute Gasteiger partial charge is 0.168 e. The fraction of sp³-hybridized carbons (Fsp3) is 1.00. The van der Waals surface area contributed by atoms with E-state index < -0.39 is 5.79 Å². The van der Waals surface area contributed by atoms with E-state index >= 15 is 0 Å². The Kier molecular flexibility index (Phi) is 3.35. The van der Waals surface area contributed by atoms with Crippen LogP contribution < -0.4 is 0 Å². The van der Waals surface area contributed by atoms with Crippen LogP contribution in [-0.4, -0.2) is 16.0 Å². The molecule has 106 valence electrons. The first kappa shape index (κ1) is 14.3. The van der Waals surface area contributed by atoms with Crippen molar-refractivity contribution in [3.63, 3.8) is 0 Å². The Hall–Kier alpha value is -0.0800. The van der Waals surface area contributed by atoms with Crippen LogP contribution in [0.2, 0.25) is 0 Å². The summed E-state index contributed by atoms with van der Waals surface area (Å²) in [4.78, 5) is 0. The number of fused-ring (bicyclic) bond motifs is 1. The summed E-state index contributed by atoms with van der Waals surface area (Å²) in [6.45, 7) is 11.3. The minimum atomic E-state index is -1.48. The highest BCUT2D eigenvalue weighted by molar-refractivity contribution is 5.09. The third-order valence-electron chi connectivity index (χ3n) is 6.46. The number of hydrogen-bond acceptors (Lipinski definition) is 2. The monoisotopic (exact) mass is 254 g/mol. The minimum Gasteiger partial charge on any atom is -0.365 e. The van der Waals surface area contributed by atoms with Crippen LogP contribution in [-0.2, 0) is 0 Å². The van der Waals surface area contributed by atoms with E-state index in [4.69, 9.17) is 0 Å². The highest BCUT2D eigenvalue weighted by atomic mass is 16.5. The molecule has 0 radical (unpaired) electrons. The summed E-state index contributed by atoms with van der Waals surface area (Å²) in [7, 11) is 0. The lowest BCUT2D eigenvalue weighted by Crippen LogP contribution is -2.64. The third kappa shape index (κ3) is 1.76. The van der Waals surface area contributed by atoms with Gasteiger partial charge in [-0.05, 0) is 36.0 Å². The molecule has 0 bridgehead atoms. The van der Waals surface area contributed by atoms with E-state index in [1.165, 1.54) is 6.42 Å². The number of aliphatic hydroxyl groups is 2. The number of rotatable bonds is 1. The maximum absolute atomic E-state index is 10.6. The van der Waals surface area contributed by atoms with Crippen molar-refractivity contribution in [3.05, 3.63) is 0 Å². The lowest BCUT2D eigenvalue weighted by molar-refractivity contribution is -0.323. The summed E-state index contributed by atoms with van der Waals surface area (Å²) in [5.41, 5.74) is -0.113. The quantitative estimate of drug-likeness (QED) is 0.702. The van der Waals surface area contributed by atoms with Gasteiger partial charge in [0.15, 0.2) is 5.79 Å². The highest BCUT2D eigenvalue weighted by Crippen LogP contribution is 2.64. The average molecular weight is 254 g/mol. The zero-order chi connectivity index (χ0) is 13.8. The molecular formula is C16H30O2. The van der Waals surface area contributed by atoms with Crippen LogP contribution in [0, 0.1) is 28.6 Å². The molecule has 2 N–H and O–H groups in total. The number of hydrogen-bond donors (Lipinski definition) is 2. The van der Waals surface area contributed by atoms with Gasteiger partial charge in [-0.3, -0.25) is 0 Å². The van der Waals surface area contributed by atoms with Crippen LogP contribution in [0.25, 0.3) is 0 Å². The van der Waals surface area contributed by atoms with E-state index in [0.29, 0.717) is 24.2 Å². The van der Waals surface area contributed by atoms with Crippen LogP contribution >= 0.6 is 0 Å². The van der Waals surface area contributed by atoms with Gasteiger partial charge in [0, 0.05) is 11.8 Å². The van der Waals surface area contributed by atoms with Gasteiger partial charge in [0.25, 0.3) is 0 Å². The zero-order valence-corrected chi connectivity index (χ0v) is 12.7. The molecule has 2 nitrogen and oxygen atoms in total. The molecule has 0 aliphatic heterocycles. The Morgan fingerprint density at radius 2 is 1.67 bits per heavy atom. The Bertz CT molecular complexity index is 321. The second-order valence-corrected chi connectivity index (χ2v) is 7.71. The Balaban J connectivity index is 2.48. The van der Waals surface area contributed by atoms with E-state index in [0.717, 1.165) is 19.3 Å². The minimum absolute atomic E-state index is 0.233. The van der Waals surface area contributed by atoms with Crippen LogP contribution in [0.3, 0.4) is 0 Å². The van der Waals surface area contributed by atoms with Crippen molar-refractivity contribution < 1.29 is 10.2 Å². The van der Waals surface area contributed by atoms with Gasteiger partial charge in [0.1, 0.15) is 0 Å². The Labute approximate surface area is 112 Å². The van der Waals surface area contributed by atoms with Crippen LogP contribution in [0.4, 0.5) is 0 Å². The van der Waals surface area contributed by atoms with Gasteiger partial charge >= 0.3 is 0 Å². The highest BCUT2D eigenvalue weighted by Gasteiger charge is 2.63. The van der Waals surface area contributed by atoms with Crippen molar-refractivity contribution in [1.82, 2.24) is 0 Å². The summed E-state index contributed by atoms with van der Waals surface area (Å²) in [5.74, 6) is -0.0349. The van der Waals surface area contributed by atoms with Crippen LogP contribution in [0.15, 0.2) is 0 Å². The molecular weight excluding hydrogens is 224 g/mol. The van der Waals surface area contributed by atoms with Gasteiger partial charge in [-0.2, -0.15) is 0 Å². The van der Waals surface area contributed by atoms with E-state index in [1.54, 1.807) is 0 Å². The molecule has 0 unspecified atom stereocenters. The fourth-order valence-corrected chi connectivity index (χ4v) is 5.32. The molecule has 0 aromatic rings. The SMILES string of the molecule is CC[C@H]1[C@@H](C)CC[C@H]2C(C)(C)CCC(O)(O)[C@]12C. The molecule has 2 aliphatic rings. The summed E-state index contributed by atoms with van der Waals surface area (Å²) in [5, 5.41) is 21.3. The molecule has 2 saturated carbocycles. The van der Waals surface area contributed by atoms with Crippen LogP contribution in [0.1, 0.15) is 66.7 Å². The third-order valence-corrected chi connectivity index (χ3v) is 6.46. The van der Waals surface area contributed by atoms with Gasteiger partial charge < -0.3 is 10.2 Å². The van der Waals surface area contributed by atoms with Crippen molar-refractivity contribution in [2.24, 2.45) is 28.6 Å². The summed E-state index contributed by atoms with van der Waals surface area (Å²) in [6, 6.07) is 0. The Morgan fingerprint density at radius 1 is 1.06 bits per heavy atom. The predicted molar refractivity (Wildman–Crippen MR) is 74.0 cm³/mol. The fourth-order valence-electron chi connectivity index (χ4n) is 5.32. The molecule has 18 heavy (non-hydrogen) atoms. The first-order chi connectivity index (χ1) is 8.17. The first-order valence-electron chi connectivity index (χ1n) is 7.61. The maximum Gasteiger partial charge on any atom is 0.168 e. The topological polar surface area (TPSA) is 40.5 Å². The summed E-state index contributed by atoms with van der Waals surface area (Å²) < 4.78 is 0. The van der Waals surface area contributed by atoms with Gasteiger partial charge in [-0.15, -0.1) is 0 Å². The van der Waals surface area contributed by atoms with Crippen molar-refractivity contribution in [3.8, 4) is 0 Å². The van der Waals surface area contributed by atoms with E-state index in [-0.39, 0.29) is 10.8 Å². The van der Waals surface area contributed by atoms with Gasteiger partial charge in [-0.1, -0.05) is 47.5 Å². The standard InChI is InChI=1S/C16H30O2/c1-6-12-11(2)7-8-13-14(3,4)9-10-16(17,18)15(12,13)5/h11-13,17-18H,6-10H2,1-5H3/t11-,12-,13-,15+/m0/s1. The maximum atomic E-state index is 10.6. The average Bonchev–Trinajstić information content (AvgIpc) is 2.25. The second-order valence-electron chi connectivity index (χ2n) is 7.71.